The Bertz CT molecular complexity index is 2260. The third-order valence-corrected chi connectivity index (χ3v) is 9.57. The second kappa shape index (κ2) is 13.2. The van der Waals surface area contributed by atoms with E-state index >= 15 is 0 Å². The number of anilines is 1. The Hall–Kier alpha value is -5.16. The molecule has 0 radical (unpaired) electrons. The molecule has 0 saturated carbocycles. The summed E-state index contributed by atoms with van der Waals surface area (Å²) in [5.41, 5.74) is 5.25. The van der Waals surface area contributed by atoms with Crippen molar-refractivity contribution in [3.63, 3.8) is 0 Å². The van der Waals surface area contributed by atoms with E-state index in [1.54, 1.807) is 22.5 Å². The van der Waals surface area contributed by atoms with Crippen LogP contribution in [0.15, 0.2) is 125 Å². The molecule has 2 aromatic heterocycles. The van der Waals surface area contributed by atoms with Gasteiger partial charge in [-0.2, -0.15) is 5.10 Å². The fraction of sp³-hybridized carbons (Fsp3) is 0.0811. The molecule has 3 heterocycles. The van der Waals surface area contributed by atoms with Crippen molar-refractivity contribution >= 4 is 57.6 Å². The van der Waals surface area contributed by atoms with E-state index in [-0.39, 0.29) is 21.5 Å². The molecule has 0 spiro atoms. The van der Waals surface area contributed by atoms with Crippen molar-refractivity contribution in [3.05, 3.63) is 152 Å². The number of halogens is 1. The Labute approximate surface area is 291 Å². The highest BCUT2D eigenvalue weighted by Crippen LogP contribution is 2.38. The molecule has 11 heteroatoms. The predicted octanol–water partition coefficient (Wildman–Crippen LogP) is 7.98. The van der Waals surface area contributed by atoms with Gasteiger partial charge in [0.2, 0.25) is 0 Å². The molecular weight excluding hydrogens is 662 g/mol. The first-order valence-electron chi connectivity index (χ1n) is 15.0. The highest BCUT2D eigenvalue weighted by atomic mass is 35.5. The summed E-state index contributed by atoms with van der Waals surface area (Å²) >= 11 is 12.9. The third kappa shape index (κ3) is 6.01. The first kappa shape index (κ1) is 31.4. The molecule has 7 rings (SSSR count). The van der Waals surface area contributed by atoms with Gasteiger partial charge in [-0.25, -0.2) is 9.36 Å². The molecule has 0 unspecified atom stereocenters. The van der Waals surface area contributed by atoms with Crippen LogP contribution < -0.4 is 15.2 Å². The smallest absolute Gasteiger partial charge is 0.296 e. The first-order chi connectivity index (χ1) is 23.3. The van der Waals surface area contributed by atoms with Crippen molar-refractivity contribution in [1.29, 1.82) is 0 Å². The Morgan fingerprint density at radius 1 is 0.896 bits per heavy atom. The van der Waals surface area contributed by atoms with E-state index in [1.165, 1.54) is 9.58 Å². The van der Waals surface area contributed by atoms with Crippen LogP contribution in [0.2, 0.25) is 5.02 Å². The lowest BCUT2D eigenvalue weighted by Gasteiger charge is -2.12. The van der Waals surface area contributed by atoms with Gasteiger partial charge < -0.3 is 4.74 Å². The molecule has 1 aliphatic rings. The summed E-state index contributed by atoms with van der Waals surface area (Å²) in [6.45, 7) is 2.18. The zero-order valence-corrected chi connectivity index (χ0v) is 28.3. The van der Waals surface area contributed by atoms with Gasteiger partial charge in [0.15, 0.2) is 4.32 Å². The van der Waals surface area contributed by atoms with Gasteiger partial charge in [0.1, 0.15) is 23.7 Å². The largest absolute Gasteiger partial charge is 0.489 e. The Morgan fingerprint density at radius 3 is 2.29 bits per heavy atom. The van der Waals surface area contributed by atoms with Crippen LogP contribution in [-0.2, 0) is 18.4 Å². The number of thioether (sulfide) groups is 1. The number of benzene rings is 4. The molecule has 0 aliphatic carbocycles. The summed E-state index contributed by atoms with van der Waals surface area (Å²) < 4.78 is 11.4. The molecule has 1 saturated heterocycles. The monoisotopic (exact) mass is 689 g/mol. The van der Waals surface area contributed by atoms with Gasteiger partial charge in [-0.3, -0.25) is 19.2 Å². The highest BCUT2D eigenvalue weighted by molar-refractivity contribution is 8.27. The molecular formula is C37H28ClN5O3S2. The van der Waals surface area contributed by atoms with Gasteiger partial charge >= 0.3 is 0 Å². The van der Waals surface area contributed by atoms with Crippen molar-refractivity contribution in [2.75, 3.05) is 4.90 Å². The van der Waals surface area contributed by atoms with Gasteiger partial charge in [-0.05, 0) is 67.1 Å². The van der Waals surface area contributed by atoms with Crippen LogP contribution in [0, 0.1) is 6.92 Å². The van der Waals surface area contributed by atoms with E-state index in [0.717, 1.165) is 28.6 Å². The summed E-state index contributed by atoms with van der Waals surface area (Å²) in [5, 5.41) is 5.61. The highest BCUT2D eigenvalue weighted by Gasteiger charge is 2.38. The molecule has 0 bridgehead atoms. The van der Waals surface area contributed by atoms with Gasteiger partial charge in [0, 0.05) is 29.4 Å². The quantitative estimate of drug-likeness (QED) is 0.119. The van der Waals surface area contributed by atoms with Crippen molar-refractivity contribution in [1.82, 2.24) is 19.1 Å². The first-order valence-corrected chi connectivity index (χ1v) is 16.6. The Kier molecular flexibility index (Phi) is 8.62. The molecule has 48 heavy (non-hydrogen) atoms. The van der Waals surface area contributed by atoms with Crippen LogP contribution in [0.5, 0.6) is 5.75 Å². The number of carbonyl (C=O) groups is 1. The number of nitrogens with zero attached hydrogens (tertiary/aromatic N) is 5. The van der Waals surface area contributed by atoms with E-state index in [9.17, 15) is 9.59 Å². The van der Waals surface area contributed by atoms with Crippen LogP contribution in [-0.4, -0.2) is 29.4 Å². The molecule has 1 aliphatic heterocycles. The van der Waals surface area contributed by atoms with Crippen molar-refractivity contribution < 1.29 is 9.53 Å². The lowest BCUT2D eigenvalue weighted by molar-refractivity contribution is -0.113. The molecule has 0 atom stereocenters. The number of thiocarbonyl (C=S) groups is 1. The molecule has 1 fully saturated rings. The number of hydrogen-bond donors (Lipinski definition) is 0. The maximum Gasteiger partial charge on any atom is 0.296 e. The van der Waals surface area contributed by atoms with Crippen molar-refractivity contribution in [2.24, 2.45) is 7.05 Å². The van der Waals surface area contributed by atoms with E-state index < -0.39 is 0 Å². The van der Waals surface area contributed by atoms with Gasteiger partial charge in [0.25, 0.3) is 11.5 Å². The molecule has 8 nitrogen and oxygen atoms in total. The van der Waals surface area contributed by atoms with E-state index in [0.29, 0.717) is 44.9 Å². The van der Waals surface area contributed by atoms with Crippen molar-refractivity contribution in [3.8, 4) is 28.4 Å². The fourth-order valence-corrected chi connectivity index (χ4v) is 6.91. The maximum atomic E-state index is 14.0. The zero-order chi connectivity index (χ0) is 33.4. The number of carbonyl (C=O) groups excluding carboxylic acids is 1. The molecule has 6 aromatic rings. The van der Waals surface area contributed by atoms with Crippen LogP contribution in [0.3, 0.4) is 0 Å². The minimum Gasteiger partial charge on any atom is -0.489 e. The Morgan fingerprint density at radius 2 is 1.58 bits per heavy atom. The standard InChI is InChI=1S/C37H28ClN5O3S2/c1-24-34(36(45)43(40(24)2)30-13-7-4-8-14-30)42-35(44)32(48-37(42)47)21-27-22-41(29-11-5-3-6-12-29)39-33(27)26-10-9-15-31(20-26)46-23-25-16-18-28(38)19-17-25/h3-22H,23H2,1-2H3. The van der Waals surface area contributed by atoms with Crippen LogP contribution in [0.1, 0.15) is 16.8 Å². The van der Waals surface area contributed by atoms with Gasteiger partial charge in [-0.15, -0.1) is 0 Å². The van der Waals surface area contributed by atoms with Gasteiger partial charge in [0.05, 0.1) is 22.0 Å². The lowest BCUT2D eigenvalue weighted by Crippen LogP contribution is -2.33. The van der Waals surface area contributed by atoms with E-state index in [2.05, 4.69) is 0 Å². The average molecular weight is 690 g/mol. The summed E-state index contributed by atoms with van der Waals surface area (Å²) in [5.74, 6) is 0.303. The number of ether oxygens (including phenoxy) is 1. The molecule has 238 valence electrons. The molecule has 0 N–H and O–H groups in total. The maximum absolute atomic E-state index is 14.0. The number of aromatic nitrogens is 4. The second-order valence-electron chi connectivity index (χ2n) is 11.1. The minimum absolute atomic E-state index is 0.234. The SMILES string of the molecule is Cc1c(N2C(=O)C(=Cc3cn(-c4ccccc4)nc3-c3cccc(OCc4ccc(Cl)cc4)c3)SC2=S)c(=O)n(-c2ccccc2)n1C. The summed E-state index contributed by atoms with van der Waals surface area (Å²) in [6, 6.07) is 34.2. The number of para-hydroxylation sites is 2. The summed E-state index contributed by atoms with van der Waals surface area (Å²) in [7, 11) is 1.79. The van der Waals surface area contributed by atoms with E-state index in [4.69, 9.17) is 33.7 Å². The molecule has 1 amide bonds. The fourth-order valence-electron chi connectivity index (χ4n) is 5.52. The summed E-state index contributed by atoms with van der Waals surface area (Å²) in [6.07, 6.45) is 3.67. The average Bonchev–Trinajstić information content (AvgIpc) is 3.72. The zero-order valence-electron chi connectivity index (χ0n) is 25.9. The number of rotatable bonds is 8. The number of hydrogen-bond acceptors (Lipinski definition) is 6. The summed E-state index contributed by atoms with van der Waals surface area (Å²) in [4.78, 5) is 29.5. The number of amides is 1. The topological polar surface area (TPSA) is 74.3 Å². The van der Waals surface area contributed by atoms with E-state index in [1.807, 2.05) is 122 Å². The van der Waals surface area contributed by atoms with Crippen LogP contribution in [0.4, 0.5) is 5.69 Å². The predicted molar refractivity (Wildman–Crippen MR) is 196 cm³/mol. The molecule has 4 aromatic carbocycles. The van der Waals surface area contributed by atoms with Crippen LogP contribution in [0.25, 0.3) is 28.7 Å². The lowest BCUT2D eigenvalue weighted by atomic mass is 10.1. The third-order valence-electron chi connectivity index (χ3n) is 8.02. The Balaban J connectivity index is 1.25. The van der Waals surface area contributed by atoms with Crippen molar-refractivity contribution in [2.45, 2.75) is 13.5 Å². The van der Waals surface area contributed by atoms with Crippen LogP contribution >= 0.6 is 35.6 Å². The second-order valence-corrected chi connectivity index (χ2v) is 13.2. The van der Waals surface area contributed by atoms with Gasteiger partial charge in [-0.1, -0.05) is 96.2 Å². The minimum atomic E-state index is -0.366. The normalized spacial score (nSPS) is 13.9.